The molecule has 7 nitrogen and oxygen atoms in total. The Morgan fingerprint density at radius 1 is 1.30 bits per heavy atom. The fraction of sp³-hybridized carbons (Fsp3) is 0.350. The van der Waals surface area contributed by atoms with Gasteiger partial charge < -0.3 is 14.2 Å². The van der Waals surface area contributed by atoms with Gasteiger partial charge in [-0.25, -0.2) is 4.98 Å². The molecule has 2 aromatic heterocycles. The lowest BCUT2D eigenvalue weighted by molar-refractivity contribution is 0.0697. The highest BCUT2D eigenvalue weighted by molar-refractivity contribution is 5.93. The highest BCUT2D eigenvalue weighted by Gasteiger charge is 2.28. The molecule has 0 spiro atoms. The molecule has 1 aliphatic heterocycles. The second-order valence-electron chi connectivity index (χ2n) is 6.88. The number of ether oxygens (including phenoxy) is 1. The van der Waals surface area contributed by atoms with Crippen LogP contribution in [0.4, 0.5) is 0 Å². The zero-order valence-corrected chi connectivity index (χ0v) is 15.6. The van der Waals surface area contributed by atoms with Crippen LogP contribution in [-0.4, -0.2) is 50.8 Å². The summed E-state index contributed by atoms with van der Waals surface area (Å²) in [4.78, 5) is 19.3. The van der Waals surface area contributed by atoms with Gasteiger partial charge in [-0.1, -0.05) is 0 Å². The molecule has 1 aromatic carbocycles. The van der Waals surface area contributed by atoms with Crippen molar-refractivity contribution in [3.05, 3.63) is 54.2 Å². The summed E-state index contributed by atoms with van der Waals surface area (Å²) < 4.78 is 7.22. The van der Waals surface area contributed by atoms with E-state index in [1.165, 1.54) is 0 Å². The van der Waals surface area contributed by atoms with Crippen LogP contribution >= 0.6 is 0 Å². The second kappa shape index (κ2) is 7.26. The molecule has 1 amide bonds. The average molecular weight is 365 g/mol. The number of aromatic nitrogens is 4. The normalized spacial score (nSPS) is 17.1. The summed E-state index contributed by atoms with van der Waals surface area (Å²) in [7, 11) is 3.64. The van der Waals surface area contributed by atoms with E-state index in [0.717, 1.165) is 42.2 Å². The fourth-order valence-electron chi connectivity index (χ4n) is 3.65. The minimum atomic E-state index is -0.0128. The number of imidazole rings is 1. The highest BCUT2D eigenvalue weighted by Crippen LogP contribution is 2.27. The topological polar surface area (TPSA) is 76.0 Å². The lowest BCUT2D eigenvalue weighted by atomic mass is 9.97. The number of aryl methyl sites for hydroxylation is 1. The van der Waals surface area contributed by atoms with Gasteiger partial charge in [0, 0.05) is 44.0 Å². The second-order valence-corrected chi connectivity index (χ2v) is 6.88. The molecule has 1 aliphatic rings. The first-order chi connectivity index (χ1) is 13.2. The first-order valence-electron chi connectivity index (χ1n) is 9.12. The van der Waals surface area contributed by atoms with E-state index in [1.807, 2.05) is 59.2 Å². The Kier molecular flexibility index (Phi) is 4.66. The van der Waals surface area contributed by atoms with E-state index in [0.29, 0.717) is 12.2 Å². The van der Waals surface area contributed by atoms with Gasteiger partial charge in [0.05, 0.1) is 12.8 Å². The van der Waals surface area contributed by atoms with E-state index < -0.39 is 0 Å². The molecule has 4 rings (SSSR count). The third kappa shape index (κ3) is 3.45. The molecule has 1 atom stereocenters. The number of benzene rings is 1. The molecular weight excluding hydrogens is 342 g/mol. The van der Waals surface area contributed by atoms with Crippen LogP contribution < -0.4 is 4.74 Å². The molecule has 0 bridgehead atoms. The maximum absolute atomic E-state index is 13.0. The van der Waals surface area contributed by atoms with Crippen LogP contribution in [0.15, 0.2) is 42.7 Å². The van der Waals surface area contributed by atoms with Gasteiger partial charge in [-0.3, -0.25) is 9.89 Å². The number of nitrogens with zero attached hydrogens (tertiary/aromatic N) is 4. The van der Waals surface area contributed by atoms with Gasteiger partial charge in [0.1, 0.15) is 17.3 Å². The molecule has 1 unspecified atom stereocenters. The van der Waals surface area contributed by atoms with Gasteiger partial charge in [0.15, 0.2) is 0 Å². The van der Waals surface area contributed by atoms with Crippen molar-refractivity contribution in [3.8, 4) is 17.0 Å². The average Bonchev–Trinajstić information content (AvgIpc) is 3.37. The van der Waals surface area contributed by atoms with Gasteiger partial charge in [0.25, 0.3) is 5.91 Å². The first-order valence-corrected chi connectivity index (χ1v) is 9.12. The molecule has 1 N–H and O–H groups in total. The number of carbonyl (C=O) groups is 1. The van der Waals surface area contributed by atoms with E-state index in [4.69, 9.17) is 4.74 Å². The SMILES string of the molecule is COc1ccc(-c2cc(C(=O)N3CCCC(c4nccn4C)C3)[nH]n2)cc1. The smallest absolute Gasteiger partial charge is 0.271 e. The molecular formula is C20H23N5O2. The van der Waals surface area contributed by atoms with E-state index >= 15 is 0 Å². The Bertz CT molecular complexity index is 928. The molecule has 1 saturated heterocycles. The Morgan fingerprint density at radius 2 is 2.11 bits per heavy atom. The zero-order chi connectivity index (χ0) is 18.8. The van der Waals surface area contributed by atoms with Crippen molar-refractivity contribution in [1.82, 2.24) is 24.6 Å². The van der Waals surface area contributed by atoms with E-state index in [1.54, 1.807) is 7.11 Å². The highest BCUT2D eigenvalue weighted by atomic mass is 16.5. The van der Waals surface area contributed by atoms with Crippen molar-refractivity contribution in [2.45, 2.75) is 18.8 Å². The summed E-state index contributed by atoms with van der Waals surface area (Å²) in [5.41, 5.74) is 2.20. The summed E-state index contributed by atoms with van der Waals surface area (Å²) in [6.45, 7) is 1.44. The predicted octanol–water partition coefficient (Wildman–Crippen LogP) is 2.84. The number of H-pyrrole nitrogens is 1. The van der Waals surface area contributed by atoms with Crippen molar-refractivity contribution in [2.75, 3.05) is 20.2 Å². The predicted molar refractivity (Wildman–Crippen MR) is 102 cm³/mol. The van der Waals surface area contributed by atoms with Crippen molar-refractivity contribution in [1.29, 1.82) is 0 Å². The van der Waals surface area contributed by atoms with Crippen LogP contribution in [0.3, 0.4) is 0 Å². The molecule has 27 heavy (non-hydrogen) atoms. The lowest BCUT2D eigenvalue weighted by Gasteiger charge is -2.32. The molecule has 1 fully saturated rings. The van der Waals surface area contributed by atoms with Crippen molar-refractivity contribution in [3.63, 3.8) is 0 Å². The minimum Gasteiger partial charge on any atom is -0.497 e. The van der Waals surface area contributed by atoms with E-state index in [9.17, 15) is 4.79 Å². The number of aromatic amines is 1. The summed E-state index contributed by atoms with van der Waals surface area (Å²) in [6.07, 6.45) is 5.79. The molecule has 140 valence electrons. The monoisotopic (exact) mass is 365 g/mol. The summed E-state index contributed by atoms with van der Waals surface area (Å²) in [6, 6.07) is 9.44. The third-order valence-corrected chi connectivity index (χ3v) is 5.13. The maximum Gasteiger partial charge on any atom is 0.271 e. The van der Waals surface area contributed by atoms with Crippen LogP contribution in [0.25, 0.3) is 11.3 Å². The Morgan fingerprint density at radius 3 is 2.81 bits per heavy atom. The number of amides is 1. The lowest BCUT2D eigenvalue weighted by Crippen LogP contribution is -2.39. The third-order valence-electron chi connectivity index (χ3n) is 5.13. The molecule has 7 heteroatoms. The molecule has 0 saturated carbocycles. The van der Waals surface area contributed by atoms with Crippen molar-refractivity contribution < 1.29 is 9.53 Å². The van der Waals surface area contributed by atoms with Gasteiger partial charge in [0.2, 0.25) is 0 Å². The fourth-order valence-corrected chi connectivity index (χ4v) is 3.65. The Hall–Kier alpha value is -3.09. The summed E-state index contributed by atoms with van der Waals surface area (Å²) >= 11 is 0. The van der Waals surface area contributed by atoms with Crippen molar-refractivity contribution in [2.24, 2.45) is 7.05 Å². The van der Waals surface area contributed by atoms with Crippen LogP contribution in [0.5, 0.6) is 5.75 Å². The largest absolute Gasteiger partial charge is 0.497 e. The number of likely N-dealkylation sites (tertiary alicyclic amines) is 1. The quantitative estimate of drug-likeness (QED) is 0.771. The van der Waals surface area contributed by atoms with Crippen LogP contribution in [0.1, 0.15) is 35.1 Å². The number of hydrogen-bond donors (Lipinski definition) is 1. The first kappa shape index (κ1) is 17.3. The number of hydrogen-bond acceptors (Lipinski definition) is 4. The van der Waals surface area contributed by atoms with Gasteiger partial charge in [-0.15, -0.1) is 0 Å². The van der Waals surface area contributed by atoms with E-state index in [-0.39, 0.29) is 11.8 Å². The number of carbonyl (C=O) groups excluding carboxylic acids is 1. The number of rotatable bonds is 4. The van der Waals surface area contributed by atoms with Crippen LogP contribution in [0.2, 0.25) is 0 Å². The minimum absolute atomic E-state index is 0.0128. The maximum atomic E-state index is 13.0. The Labute approximate surface area is 158 Å². The number of methoxy groups -OCH3 is 1. The molecule has 3 heterocycles. The Balaban J connectivity index is 1.49. The molecule has 0 aliphatic carbocycles. The van der Waals surface area contributed by atoms with Gasteiger partial charge in [-0.2, -0.15) is 5.10 Å². The number of nitrogens with one attached hydrogen (secondary N) is 1. The number of piperidine rings is 1. The van der Waals surface area contributed by atoms with Gasteiger partial charge in [-0.05, 0) is 43.2 Å². The summed E-state index contributed by atoms with van der Waals surface area (Å²) in [5.74, 6) is 2.09. The molecule has 3 aromatic rings. The zero-order valence-electron chi connectivity index (χ0n) is 15.6. The van der Waals surface area contributed by atoms with Crippen LogP contribution in [-0.2, 0) is 7.05 Å². The summed E-state index contributed by atoms with van der Waals surface area (Å²) in [5, 5.41) is 7.21. The van der Waals surface area contributed by atoms with Crippen LogP contribution in [0, 0.1) is 0 Å². The van der Waals surface area contributed by atoms with Gasteiger partial charge >= 0.3 is 0 Å². The standard InChI is InChI=1S/C20H23N5O2/c1-24-11-9-21-19(24)15-4-3-10-25(13-15)20(26)18-12-17(22-23-18)14-5-7-16(27-2)8-6-14/h5-9,11-12,15H,3-4,10,13H2,1-2H3,(H,22,23). The van der Waals surface area contributed by atoms with Crippen molar-refractivity contribution >= 4 is 5.91 Å². The molecule has 0 radical (unpaired) electrons. The van der Waals surface area contributed by atoms with E-state index in [2.05, 4.69) is 15.2 Å².